The number of amides is 1. The number of aryl methyl sites for hydroxylation is 1. The van der Waals surface area contributed by atoms with Crippen molar-refractivity contribution in [1.29, 1.82) is 0 Å². The smallest absolute Gasteiger partial charge is 0.259 e. The van der Waals surface area contributed by atoms with Crippen molar-refractivity contribution in [1.82, 2.24) is 4.98 Å². The van der Waals surface area contributed by atoms with Gasteiger partial charge in [-0.05, 0) is 49.7 Å². The molecule has 0 fully saturated rings. The van der Waals surface area contributed by atoms with Gasteiger partial charge in [0.2, 0.25) is 0 Å². The molecule has 3 rings (SSSR count). The number of carbonyl (C=O) groups excluding carboxylic acids is 1. The molecule has 0 aliphatic carbocycles. The Labute approximate surface area is 135 Å². The summed E-state index contributed by atoms with van der Waals surface area (Å²) in [7, 11) is 0. The quantitative estimate of drug-likeness (QED) is 0.786. The predicted molar refractivity (Wildman–Crippen MR) is 92.0 cm³/mol. The number of aromatic nitrogens is 1. The van der Waals surface area contributed by atoms with Crippen molar-refractivity contribution in [3.05, 3.63) is 65.9 Å². The number of pyridine rings is 1. The van der Waals surface area contributed by atoms with Gasteiger partial charge in [0.1, 0.15) is 5.75 Å². The predicted octanol–water partition coefficient (Wildman–Crippen LogP) is 4.19. The highest BCUT2D eigenvalue weighted by Crippen LogP contribution is 2.26. The van der Waals surface area contributed by atoms with E-state index in [1.165, 1.54) is 0 Å². The van der Waals surface area contributed by atoms with Crippen molar-refractivity contribution < 1.29 is 9.53 Å². The van der Waals surface area contributed by atoms with Crippen LogP contribution in [0.3, 0.4) is 0 Å². The molecule has 0 aliphatic heterocycles. The molecule has 0 saturated heterocycles. The van der Waals surface area contributed by atoms with Gasteiger partial charge in [-0.1, -0.05) is 18.2 Å². The molecule has 0 aliphatic rings. The second kappa shape index (κ2) is 6.48. The first-order valence-electron chi connectivity index (χ1n) is 7.58. The lowest BCUT2D eigenvalue weighted by atomic mass is 10.1. The molecule has 0 saturated carbocycles. The van der Waals surface area contributed by atoms with Crippen molar-refractivity contribution in [3.8, 4) is 5.75 Å². The molecule has 23 heavy (non-hydrogen) atoms. The highest BCUT2D eigenvalue weighted by Gasteiger charge is 2.14. The number of ether oxygens (including phenoxy) is 1. The lowest BCUT2D eigenvalue weighted by Gasteiger charge is -2.12. The number of nitrogens with one attached hydrogen (secondary N) is 1. The van der Waals surface area contributed by atoms with Gasteiger partial charge in [0.15, 0.2) is 0 Å². The molecule has 0 radical (unpaired) electrons. The Bertz CT molecular complexity index is 859. The van der Waals surface area contributed by atoms with Gasteiger partial charge in [0.25, 0.3) is 5.91 Å². The number of carbonyl (C=O) groups is 1. The first-order valence-corrected chi connectivity index (χ1v) is 7.58. The van der Waals surface area contributed by atoms with Crippen molar-refractivity contribution in [2.24, 2.45) is 0 Å². The standard InChI is InChI=1S/C19H18N2O2/c1-3-23-17-9-5-4-7-15(17)19(22)21-16-11-10-13(2)18-14(16)8-6-12-20-18/h4-12H,3H2,1-2H3,(H,21,22). The highest BCUT2D eigenvalue weighted by molar-refractivity contribution is 6.10. The van der Waals surface area contributed by atoms with Crippen LogP contribution in [0.4, 0.5) is 5.69 Å². The van der Waals surface area contributed by atoms with Gasteiger partial charge in [-0.2, -0.15) is 0 Å². The largest absolute Gasteiger partial charge is 0.493 e. The first kappa shape index (κ1) is 15.0. The Morgan fingerprint density at radius 1 is 1.13 bits per heavy atom. The fourth-order valence-electron chi connectivity index (χ4n) is 2.55. The van der Waals surface area contributed by atoms with E-state index in [2.05, 4.69) is 10.3 Å². The summed E-state index contributed by atoms with van der Waals surface area (Å²) in [5.41, 5.74) is 3.23. The van der Waals surface area contributed by atoms with Crippen LogP contribution in [0.15, 0.2) is 54.7 Å². The van der Waals surface area contributed by atoms with Gasteiger partial charge >= 0.3 is 0 Å². The molecule has 0 unspecified atom stereocenters. The molecule has 0 spiro atoms. The Morgan fingerprint density at radius 2 is 1.96 bits per heavy atom. The molecule has 0 bridgehead atoms. The minimum absolute atomic E-state index is 0.192. The topological polar surface area (TPSA) is 51.2 Å². The van der Waals surface area contributed by atoms with Crippen molar-refractivity contribution in [2.75, 3.05) is 11.9 Å². The summed E-state index contributed by atoms with van der Waals surface area (Å²) < 4.78 is 5.53. The zero-order chi connectivity index (χ0) is 16.2. The monoisotopic (exact) mass is 306 g/mol. The third-order valence-electron chi connectivity index (χ3n) is 3.65. The fourth-order valence-corrected chi connectivity index (χ4v) is 2.55. The summed E-state index contributed by atoms with van der Waals surface area (Å²) in [4.78, 5) is 17.0. The zero-order valence-electron chi connectivity index (χ0n) is 13.2. The lowest BCUT2D eigenvalue weighted by molar-refractivity contribution is 0.102. The van der Waals surface area contributed by atoms with Gasteiger partial charge in [0.05, 0.1) is 23.4 Å². The lowest BCUT2D eigenvalue weighted by Crippen LogP contribution is -2.14. The molecular weight excluding hydrogens is 288 g/mol. The maximum atomic E-state index is 12.6. The van der Waals surface area contributed by atoms with Gasteiger partial charge in [-0.25, -0.2) is 0 Å². The summed E-state index contributed by atoms with van der Waals surface area (Å²) >= 11 is 0. The second-order valence-electron chi connectivity index (χ2n) is 5.21. The molecule has 0 atom stereocenters. The number of fused-ring (bicyclic) bond motifs is 1. The molecule has 116 valence electrons. The number of para-hydroxylation sites is 1. The Hall–Kier alpha value is -2.88. The normalized spacial score (nSPS) is 10.5. The van der Waals surface area contributed by atoms with Crippen LogP contribution in [-0.4, -0.2) is 17.5 Å². The maximum Gasteiger partial charge on any atom is 0.259 e. The van der Waals surface area contributed by atoms with Crippen molar-refractivity contribution in [2.45, 2.75) is 13.8 Å². The third kappa shape index (κ3) is 3.01. The summed E-state index contributed by atoms with van der Waals surface area (Å²) in [6.45, 7) is 4.42. The van der Waals surface area contributed by atoms with Crippen LogP contribution in [0, 0.1) is 6.92 Å². The maximum absolute atomic E-state index is 12.6. The van der Waals surface area contributed by atoms with Crippen LogP contribution < -0.4 is 10.1 Å². The van der Waals surface area contributed by atoms with Gasteiger partial charge in [0, 0.05) is 11.6 Å². The van der Waals surface area contributed by atoms with E-state index in [0.717, 1.165) is 22.2 Å². The number of hydrogen-bond donors (Lipinski definition) is 1. The van der Waals surface area contributed by atoms with Crippen LogP contribution in [0.2, 0.25) is 0 Å². The van der Waals surface area contributed by atoms with E-state index in [1.807, 2.05) is 50.2 Å². The van der Waals surface area contributed by atoms with Crippen molar-refractivity contribution in [3.63, 3.8) is 0 Å². The SMILES string of the molecule is CCOc1ccccc1C(=O)Nc1ccc(C)c2ncccc12. The Morgan fingerprint density at radius 3 is 2.78 bits per heavy atom. The van der Waals surface area contributed by atoms with E-state index >= 15 is 0 Å². The molecule has 3 aromatic rings. The molecule has 1 aromatic heterocycles. The van der Waals surface area contributed by atoms with Gasteiger partial charge in [-0.15, -0.1) is 0 Å². The molecule has 4 heteroatoms. The molecular formula is C19H18N2O2. The van der Waals surface area contributed by atoms with E-state index in [-0.39, 0.29) is 5.91 Å². The average Bonchev–Trinajstić information content (AvgIpc) is 2.58. The molecule has 1 N–H and O–H groups in total. The second-order valence-corrected chi connectivity index (χ2v) is 5.21. The van der Waals surface area contributed by atoms with E-state index in [0.29, 0.717) is 17.9 Å². The minimum atomic E-state index is -0.192. The first-order chi connectivity index (χ1) is 11.2. The Kier molecular flexibility index (Phi) is 4.24. The van der Waals surface area contributed by atoms with E-state index < -0.39 is 0 Å². The minimum Gasteiger partial charge on any atom is -0.493 e. The summed E-state index contributed by atoms with van der Waals surface area (Å²) in [5.74, 6) is 0.394. The van der Waals surface area contributed by atoms with Crippen LogP contribution in [0.1, 0.15) is 22.8 Å². The molecule has 1 amide bonds. The number of benzene rings is 2. The van der Waals surface area contributed by atoms with E-state index in [4.69, 9.17) is 4.74 Å². The number of hydrogen-bond acceptors (Lipinski definition) is 3. The highest BCUT2D eigenvalue weighted by atomic mass is 16.5. The van der Waals surface area contributed by atoms with Gasteiger partial charge in [-0.3, -0.25) is 9.78 Å². The van der Waals surface area contributed by atoms with E-state index in [9.17, 15) is 4.79 Å². The van der Waals surface area contributed by atoms with Crippen LogP contribution >= 0.6 is 0 Å². The van der Waals surface area contributed by atoms with Crippen LogP contribution in [0.5, 0.6) is 5.75 Å². The third-order valence-corrected chi connectivity index (χ3v) is 3.65. The van der Waals surface area contributed by atoms with Crippen molar-refractivity contribution >= 4 is 22.5 Å². The van der Waals surface area contributed by atoms with Gasteiger partial charge < -0.3 is 10.1 Å². The zero-order valence-corrected chi connectivity index (χ0v) is 13.2. The number of anilines is 1. The van der Waals surface area contributed by atoms with E-state index in [1.54, 1.807) is 18.3 Å². The molecule has 1 heterocycles. The van der Waals surface area contributed by atoms with Crippen LogP contribution in [-0.2, 0) is 0 Å². The summed E-state index contributed by atoms with van der Waals surface area (Å²) in [5, 5.41) is 3.89. The summed E-state index contributed by atoms with van der Waals surface area (Å²) in [6, 6.07) is 14.9. The molecule has 2 aromatic carbocycles. The molecule has 4 nitrogen and oxygen atoms in total. The number of rotatable bonds is 4. The average molecular weight is 306 g/mol. The summed E-state index contributed by atoms with van der Waals surface area (Å²) in [6.07, 6.45) is 1.76. The fraction of sp³-hybridized carbons (Fsp3) is 0.158. The van der Waals surface area contributed by atoms with Crippen LogP contribution in [0.25, 0.3) is 10.9 Å². The Balaban J connectivity index is 1.97. The number of nitrogens with zero attached hydrogens (tertiary/aromatic N) is 1.